The lowest BCUT2D eigenvalue weighted by Crippen LogP contribution is -2.49. The lowest BCUT2D eigenvalue weighted by Gasteiger charge is -2.37. The van der Waals surface area contributed by atoms with Crippen molar-refractivity contribution in [3.8, 4) is 5.75 Å². The van der Waals surface area contributed by atoms with E-state index in [2.05, 4.69) is 26.9 Å². The molecule has 2 heterocycles. The number of anilines is 1. The van der Waals surface area contributed by atoms with Crippen molar-refractivity contribution in [3.05, 3.63) is 111 Å². The molecule has 4 rings (SSSR count). The number of benzene rings is 2. The molecular weight excluding hydrogens is 725 g/mol. The summed E-state index contributed by atoms with van der Waals surface area (Å²) in [5.41, 5.74) is 2.77. The monoisotopic (exact) mass is 764 g/mol. The Morgan fingerprint density at radius 2 is 1.80 bits per heavy atom. The number of nitrogens with one attached hydrogen (secondary N) is 2. The van der Waals surface area contributed by atoms with E-state index in [0.717, 1.165) is 28.8 Å². The fraction of sp³-hybridized carbons (Fsp3) is 0.289. The highest BCUT2D eigenvalue weighted by Gasteiger charge is 2.31. The van der Waals surface area contributed by atoms with Gasteiger partial charge in [-0.3, -0.25) is 19.8 Å². The van der Waals surface area contributed by atoms with E-state index in [1.54, 1.807) is 30.9 Å². The van der Waals surface area contributed by atoms with Crippen LogP contribution in [0, 0.1) is 19.3 Å². The molecule has 0 atom stereocenters. The van der Waals surface area contributed by atoms with Crippen LogP contribution >= 0.6 is 11.6 Å². The molecule has 1 saturated heterocycles. The summed E-state index contributed by atoms with van der Waals surface area (Å²) >= 11 is 6.10. The molecule has 0 bridgehead atoms. The average molecular weight is 765 g/mol. The number of rotatable bonds is 12. The first-order chi connectivity index (χ1) is 25.5. The second-order valence-corrected chi connectivity index (χ2v) is 12.9. The van der Waals surface area contributed by atoms with Gasteiger partial charge in [0.05, 0.1) is 34.0 Å². The van der Waals surface area contributed by atoms with Crippen molar-refractivity contribution in [2.24, 2.45) is 4.99 Å². The van der Waals surface area contributed by atoms with Crippen molar-refractivity contribution in [1.82, 2.24) is 24.7 Å². The van der Waals surface area contributed by atoms with Gasteiger partial charge in [-0.05, 0) is 62.6 Å². The third kappa shape index (κ3) is 10.2. The Kier molecular flexibility index (Phi) is 13.5. The van der Waals surface area contributed by atoms with Gasteiger partial charge in [-0.25, -0.2) is 15.0 Å². The third-order valence-electron chi connectivity index (χ3n) is 8.52. The molecule has 0 radical (unpaired) electrons. The normalized spacial score (nSPS) is 13.9. The number of aliphatic imine (C=N–C) groups is 1. The number of allylic oxidation sites excluding steroid dienone is 4. The molecule has 0 unspecified atom stereocenters. The number of carbonyl (C=O) groups is 3. The summed E-state index contributed by atoms with van der Waals surface area (Å²) in [7, 11) is 0. The molecule has 1 aromatic heterocycles. The second-order valence-electron chi connectivity index (χ2n) is 12.5. The number of amides is 2. The number of aromatic nitrogens is 2. The van der Waals surface area contributed by atoms with Crippen LogP contribution in [-0.4, -0.2) is 92.8 Å². The van der Waals surface area contributed by atoms with Crippen LogP contribution in [-0.2, 0) is 15.8 Å². The van der Waals surface area contributed by atoms with Crippen LogP contribution in [0.5, 0.6) is 5.75 Å². The van der Waals surface area contributed by atoms with Crippen molar-refractivity contribution in [2.45, 2.75) is 40.3 Å². The number of carbonyl (C=O) groups excluding carboxylic acids is 3. The molecule has 1 aliphatic heterocycles. The van der Waals surface area contributed by atoms with E-state index in [-0.39, 0.29) is 72.0 Å². The molecule has 1 fully saturated rings. The summed E-state index contributed by atoms with van der Waals surface area (Å²) in [6.07, 6.45) is 2.38. The molecule has 0 aliphatic carbocycles. The van der Waals surface area contributed by atoms with Crippen LogP contribution < -0.4 is 5.32 Å². The Morgan fingerprint density at radius 1 is 1.11 bits per heavy atom. The Morgan fingerprint density at radius 3 is 2.41 bits per heavy atom. The van der Waals surface area contributed by atoms with Gasteiger partial charge in [-0.1, -0.05) is 55.0 Å². The minimum Gasteiger partial charge on any atom is -0.504 e. The van der Waals surface area contributed by atoms with Crippen LogP contribution in [0.2, 0.25) is 5.02 Å². The fourth-order valence-electron chi connectivity index (χ4n) is 5.52. The number of alkyl halides is 3. The lowest BCUT2D eigenvalue weighted by molar-refractivity contribution is -0.137. The number of nitrogens with zero attached hydrogens (tertiary/aromatic N) is 6. The molecular formula is C38H40ClF3N8O4. The summed E-state index contributed by atoms with van der Waals surface area (Å²) in [6, 6.07) is 7.91. The molecule has 1 aliphatic rings. The molecule has 2 aromatic carbocycles. The summed E-state index contributed by atoms with van der Waals surface area (Å²) in [6.45, 7) is 11.3. The van der Waals surface area contributed by atoms with Crippen molar-refractivity contribution < 1.29 is 32.7 Å². The number of aldehydes is 1. The van der Waals surface area contributed by atoms with Crippen molar-refractivity contribution in [1.29, 1.82) is 5.41 Å². The van der Waals surface area contributed by atoms with E-state index < -0.39 is 30.1 Å². The maximum absolute atomic E-state index is 13.4. The average Bonchev–Trinajstić information content (AvgIpc) is 3.13. The van der Waals surface area contributed by atoms with E-state index in [4.69, 9.17) is 17.0 Å². The first-order valence-corrected chi connectivity index (χ1v) is 17.2. The number of hydrogen-bond acceptors (Lipinski definition) is 8. The smallest absolute Gasteiger partial charge is 0.416 e. The van der Waals surface area contributed by atoms with Gasteiger partial charge in [0, 0.05) is 37.4 Å². The zero-order valence-corrected chi connectivity index (χ0v) is 30.9. The molecule has 3 N–H and O–H groups in total. The van der Waals surface area contributed by atoms with Gasteiger partial charge in [0.1, 0.15) is 12.9 Å². The van der Waals surface area contributed by atoms with Gasteiger partial charge in [0.2, 0.25) is 5.91 Å². The predicted octanol–water partition coefficient (Wildman–Crippen LogP) is 6.63. The maximum Gasteiger partial charge on any atom is 0.416 e. The van der Waals surface area contributed by atoms with Gasteiger partial charge in [0.15, 0.2) is 23.6 Å². The molecule has 54 heavy (non-hydrogen) atoms. The first kappa shape index (κ1) is 40.9. The van der Waals surface area contributed by atoms with Crippen LogP contribution in [0.15, 0.2) is 77.3 Å². The SMILES string of the molecule is C=C(C)/C=C\c1cc(C(=N)N=CN(CC(=O)Nc2ccc(C(F)(F)F)cc2Cl)/C(CC)=C(\C=O)N2CCN(C(=O)c3ncnc(C)c3O)CC2)ccc1C. The van der Waals surface area contributed by atoms with E-state index in [9.17, 15) is 32.7 Å². The number of halogens is 4. The minimum atomic E-state index is -4.63. The summed E-state index contributed by atoms with van der Waals surface area (Å²) in [5, 5.41) is 21.3. The zero-order chi connectivity index (χ0) is 39.7. The lowest BCUT2D eigenvalue weighted by atomic mass is 10.0. The van der Waals surface area contributed by atoms with E-state index in [0.29, 0.717) is 23.6 Å². The molecule has 16 heteroatoms. The van der Waals surface area contributed by atoms with Crippen molar-refractivity contribution in [2.75, 3.05) is 38.0 Å². The molecule has 0 spiro atoms. The molecule has 12 nitrogen and oxygen atoms in total. The quantitative estimate of drug-likeness (QED) is 0.0611. The number of hydrogen-bond donors (Lipinski definition) is 3. The van der Waals surface area contributed by atoms with Gasteiger partial charge < -0.3 is 25.1 Å². The Bertz CT molecular complexity index is 2040. The largest absolute Gasteiger partial charge is 0.504 e. The second kappa shape index (κ2) is 17.8. The maximum atomic E-state index is 13.4. The number of aryl methyl sites for hydroxylation is 2. The van der Waals surface area contributed by atoms with Crippen molar-refractivity contribution >= 4 is 53.6 Å². The molecule has 284 valence electrons. The number of aromatic hydroxyl groups is 1. The van der Waals surface area contributed by atoms with Crippen LogP contribution in [0.4, 0.5) is 18.9 Å². The molecule has 3 aromatic rings. The fourth-order valence-corrected chi connectivity index (χ4v) is 5.75. The molecule has 2 amide bonds. The topological polar surface area (TPSA) is 155 Å². The van der Waals surface area contributed by atoms with Crippen LogP contribution in [0.3, 0.4) is 0 Å². The Hall–Kier alpha value is -5.83. The highest BCUT2D eigenvalue weighted by molar-refractivity contribution is 6.33. The van der Waals surface area contributed by atoms with Gasteiger partial charge >= 0.3 is 6.18 Å². The van der Waals surface area contributed by atoms with Crippen molar-refractivity contribution in [3.63, 3.8) is 0 Å². The minimum absolute atomic E-state index is 0.0577. The Balaban J connectivity index is 1.64. The van der Waals surface area contributed by atoms with E-state index >= 15 is 0 Å². The summed E-state index contributed by atoms with van der Waals surface area (Å²) in [4.78, 5) is 56.1. The predicted molar refractivity (Wildman–Crippen MR) is 201 cm³/mol. The third-order valence-corrected chi connectivity index (χ3v) is 8.83. The first-order valence-electron chi connectivity index (χ1n) is 16.8. The summed E-state index contributed by atoms with van der Waals surface area (Å²) in [5.74, 6) is -1.64. The summed E-state index contributed by atoms with van der Waals surface area (Å²) < 4.78 is 39.6. The molecule has 0 saturated carbocycles. The Labute approximate surface area is 315 Å². The van der Waals surface area contributed by atoms with Crippen LogP contribution in [0.1, 0.15) is 58.7 Å². The van der Waals surface area contributed by atoms with E-state index in [1.165, 1.54) is 22.5 Å². The number of piperazine rings is 1. The zero-order valence-electron chi connectivity index (χ0n) is 30.2. The standard InChI is InChI=1S/C38H40ClF3N8O4/c1-6-31(32(20-51)48-13-15-49(16-14-48)37(54)34-35(53)25(5)44-21-45-34)50(19-33(52)47-30-12-11-28(18-29(30)39)38(40,41)42)22-46-36(43)27-10-8-24(4)26(17-27)9-7-23(2)3/h7-12,17-18,20-22,43,53H,2,6,13-16,19H2,1,3-5H3,(H,47,52)/b9-7-,32-31+,43-36?,46-22?. The van der Waals surface area contributed by atoms with Gasteiger partial charge in [0.25, 0.3) is 5.91 Å². The highest BCUT2D eigenvalue weighted by atomic mass is 35.5. The highest BCUT2D eigenvalue weighted by Crippen LogP contribution is 2.34. The van der Waals surface area contributed by atoms with Crippen LogP contribution in [0.25, 0.3) is 6.08 Å². The van der Waals surface area contributed by atoms with Gasteiger partial charge in [-0.15, -0.1) is 0 Å². The van der Waals surface area contributed by atoms with Gasteiger partial charge in [-0.2, -0.15) is 13.2 Å². The van der Waals surface area contributed by atoms with E-state index in [1.807, 2.05) is 32.1 Å². The number of amidine groups is 1.